The van der Waals surface area contributed by atoms with Crippen LogP contribution in [0.5, 0.6) is 0 Å². The van der Waals surface area contributed by atoms with Gasteiger partial charge in [0, 0.05) is 10.8 Å². The lowest BCUT2D eigenvalue weighted by molar-refractivity contribution is -0.911. The Kier molecular flexibility index (Phi) is 5.05. The third kappa shape index (κ3) is 3.67. The molecule has 0 N–H and O–H groups in total. The standard InChI is InChI=1S/C22H27N2O/c1-5-24(3,4)17(2)16-25-23-22-20-12-8-6-10-18(20)14-15-19-11-7-9-13-21(19)22/h6-15,17H,5,16H2,1-4H3/q+1. The minimum atomic E-state index is 0.378. The molecule has 0 bridgehead atoms. The first-order valence-electron chi connectivity index (χ1n) is 8.92. The second-order valence-electron chi connectivity index (χ2n) is 7.19. The van der Waals surface area contributed by atoms with Gasteiger partial charge in [0.15, 0.2) is 6.61 Å². The van der Waals surface area contributed by atoms with Gasteiger partial charge >= 0.3 is 0 Å². The molecule has 0 spiro atoms. The number of rotatable bonds is 5. The fourth-order valence-electron chi connectivity index (χ4n) is 2.86. The van der Waals surface area contributed by atoms with Gasteiger partial charge in [-0.05, 0) is 24.6 Å². The highest BCUT2D eigenvalue weighted by molar-refractivity contribution is 5.92. The normalized spacial score (nSPS) is 13.0. The van der Waals surface area contributed by atoms with Crippen molar-refractivity contribution in [1.29, 1.82) is 0 Å². The van der Waals surface area contributed by atoms with Crippen molar-refractivity contribution in [2.24, 2.45) is 5.16 Å². The molecule has 3 aromatic rings. The fraction of sp³-hybridized carbons (Fsp3) is 0.318. The first kappa shape index (κ1) is 17.4. The van der Waals surface area contributed by atoms with E-state index in [0.29, 0.717) is 12.6 Å². The van der Waals surface area contributed by atoms with Gasteiger partial charge < -0.3 is 9.32 Å². The molecule has 0 fully saturated rings. The van der Waals surface area contributed by atoms with E-state index in [-0.39, 0.29) is 0 Å². The first-order valence-corrected chi connectivity index (χ1v) is 8.92. The van der Waals surface area contributed by atoms with E-state index in [0.717, 1.165) is 27.2 Å². The van der Waals surface area contributed by atoms with Crippen LogP contribution in [0, 0.1) is 0 Å². The summed E-state index contributed by atoms with van der Waals surface area (Å²) in [7, 11) is 4.45. The average molecular weight is 335 g/mol. The molecular weight excluding hydrogens is 308 g/mol. The molecule has 0 saturated carbocycles. The van der Waals surface area contributed by atoms with Gasteiger partial charge in [-0.25, -0.2) is 0 Å². The monoisotopic (exact) mass is 335 g/mol. The van der Waals surface area contributed by atoms with E-state index < -0.39 is 0 Å². The molecule has 0 saturated heterocycles. The lowest BCUT2D eigenvalue weighted by Crippen LogP contribution is -2.49. The molecule has 3 rings (SSSR count). The quantitative estimate of drug-likeness (QED) is 0.503. The maximum absolute atomic E-state index is 5.84. The van der Waals surface area contributed by atoms with Gasteiger partial charge in [0.1, 0.15) is 11.4 Å². The summed E-state index contributed by atoms with van der Waals surface area (Å²) in [5.41, 5.74) is 0. The number of hydrogen-bond donors (Lipinski definition) is 0. The van der Waals surface area contributed by atoms with Crippen LogP contribution in [-0.4, -0.2) is 37.8 Å². The zero-order valence-corrected chi connectivity index (χ0v) is 15.6. The Balaban J connectivity index is 2.10. The summed E-state index contributed by atoms with van der Waals surface area (Å²) in [6.07, 6.45) is 0. The van der Waals surface area contributed by atoms with E-state index >= 15 is 0 Å². The maximum Gasteiger partial charge on any atom is 0.168 e. The molecule has 3 heteroatoms. The van der Waals surface area contributed by atoms with Crippen molar-refractivity contribution in [2.45, 2.75) is 19.9 Å². The van der Waals surface area contributed by atoms with Crippen molar-refractivity contribution in [3.63, 3.8) is 0 Å². The van der Waals surface area contributed by atoms with E-state index in [1.54, 1.807) is 0 Å². The van der Waals surface area contributed by atoms with Crippen LogP contribution in [0.4, 0.5) is 0 Å². The van der Waals surface area contributed by atoms with Crippen LogP contribution in [0.15, 0.2) is 65.8 Å². The van der Waals surface area contributed by atoms with Gasteiger partial charge in [-0.15, -0.1) is 0 Å². The van der Waals surface area contributed by atoms with Crippen LogP contribution in [0.25, 0.3) is 21.5 Å². The molecule has 130 valence electrons. The van der Waals surface area contributed by atoms with Gasteiger partial charge in [-0.1, -0.05) is 65.8 Å². The van der Waals surface area contributed by atoms with E-state index in [4.69, 9.17) is 4.84 Å². The zero-order valence-electron chi connectivity index (χ0n) is 15.6. The summed E-state index contributed by atoms with van der Waals surface area (Å²) >= 11 is 0. The third-order valence-electron chi connectivity index (χ3n) is 5.35. The molecule has 3 aromatic carbocycles. The summed E-state index contributed by atoms with van der Waals surface area (Å²) in [4.78, 5) is 5.84. The second-order valence-corrected chi connectivity index (χ2v) is 7.19. The molecule has 0 heterocycles. The number of benzene rings is 2. The smallest absolute Gasteiger partial charge is 0.168 e. The highest BCUT2D eigenvalue weighted by atomic mass is 16.6. The van der Waals surface area contributed by atoms with Crippen LogP contribution >= 0.6 is 0 Å². The van der Waals surface area contributed by atoms with Gasteiger partial charge in [0.2, 0.25) is 0 Å². The highest BCUT2D eigenvalue weighted by Gasteiger charge is 2.22. The Morgan fingerprint density at radius 2 is 1.40 bits per heavy atom. The van der Waals surface area contributed by atoms with Crippen molar-refractivity contribution in [3.05, 3.63) is 66.0 Å². The molecular formula is C22H27N2O+. The lowest BCUT2D eigenvalue weighted by atomic mass is 10.1. The largest absolute Gasteiger partial charge is 0.389 e. The summed E-state index contributed by atoms with van der Waals surface area (Å²) in [6, 6.07) is 21.3. The Morgan fingerprint density at radius 1 is 0.880 bits per heavy atom. The van der Waals surface area contributed by atoms with Crippen LogP contribution in [0.3, 0.4) is 0 Å². The van der Waals surface area contributed by atoms with Crippen molar-refractivity contribution >= 4 is 21.5 Å². The summed E-state index contributed by atoms with van der Waals surface area (Å²) in [5, 5.41) is 10.0. The molecule has 0 radical (unpaired) electrons. The fourth-order valence-corrected chi connectivity index (χ4v) is 2.86. The molecule has 1 atom stereocenters. The first-order chi connectivity index (χ1) is 12.0. The number of likely N-dealkylation sites (N-methyl/N-ethyl adjacent to an activating group) is 1. The van der Waals surface area contributed by atoms with Crippen LogP contribution in [0.1, 0.15) is 13.8 Å². The molecule has 3 nitrogen and oxygen atoms in total. The molecule has 1 unspecified atom stereocenters. The van der Waals surface area contributed by atoms with Crippen molar-refractivity contribution in [2.75, 3.05) is 27.2 Å². The molecule has 0 aromatic heterocycles. The number of fused-ring (bicyclic) bond motifs is 2. The Morgan fingerprint density at radius 3 is 1.92 bits per heavy atom. The molecule has 25 heavy (non-hydrogen) atoms. The topological polar surface area (TPSA) is 21.6 Å². The molecule has 0 aliphatic carbocycles. The van der Waals surface area contributed by atoms with Crippen molar-refractivity contribution < 1.29 is 9.32 Å². The van der Waals surface area contributed by atoms with Crippen molar-refractivity contribution in [3.8, 4) is 0 Å². The Hall–Kier alpha value is -2.39. The van der Waals surface area contributed by atoms with Gasteiger partial charge in [-0.3, -0.25) is 0 Å². The average Bonchev–Trinajstić information content (AvgIpc) is 2.79. The Bertz CT molecular complexity index is 885. The number of quaternary nitrogens is 1. The SMILES string of the molecule is CC[N+](C)(C)C(C)CON=c1c2ccccc2ccc2ccccc12. The number of hydrogen-bond acceptors (Lipinski definition) is 2. The highest BCUT2D eigenvalue weighted by Crippen LogP contribution is 2.15. The van der Waals surface area contributed by atoms with Gasteiger partial charge in [0.25, 0.3) is 0 Å². The number of nitrogens with zero attached hydrogens (tertiary/aromatic N) is 2. The molecule has 0 aliphatic heterocycles. The van der Waals surface area contributed by atoms with Gasteiger partial charge in [-0.2, -0.15) is 0 Å². The van der Waals surface area contributed by atoms with E-state index in [2.05, 4.69) is 93.8 Å². The Labute approximate surface area is 149 Å². The van der Waals surface area contributed by atoms with Crippen LogP contribution in [0.2, 0.25) is 0 Å². The predicted octanol–water partition coefficient (Wildman–Crippen LogP) is 4.31. The predicted molar refractivity (Wildman–Crippen MR) is 105 cm³/mol. The van der Waals surface area contributed by atoms with Crippen LogP contribution < -0.4 is 5.36 Å². The summed E-state index contributed by atoms with van der Waals surface area (Å²) < 4.78 is 0.916. The minimum Gasteiger partial charge on any atom is -0.389 e. The van der Waals surface area contributed by atoms with E-state index in [1.807, 2.05) is 0 Å². The van der Waals surface area contributed by atoms with Gasteiger partial charge in [0.05, 0.1) is 20.6 Å². The molecule has 0 amide bonds. The van der Waals surface area contributed by atoms with E-state index in [1.165, 1.54) is 10.8 Å². The molecule has 0 aliphatic rings. The minimum absolute atomic E-state index is 0.378. The van der Waals surface area contributed by atoms with Crippen molar-refractivity contribution in [1.82, 2.24) is 0 Å². The lowest BCUT2D eigenvalue weighted by Gasteiger charge is -2.34. The second kappa shape index (κ2) is 7.24. The summed E-state index contributed by atoms with van der Waals surface area (Å²) in [6.45, 7) is 6.07. The van der Waals surface area contributed by atoms with E-state index in [9.17, 15) is 0 Å². The van der Waals surface area contributed by atoms with Crippen LogP contribution in [-0.2, 0) is 4.84 Å². The maximum atomic E-state index is 5.84. The summed E-state index contributed by atoms with van der Waals surface area (Å²) in [5.74, 6) is 0. The zero-order chi connectivity index (χ0) is 17.9. The third-order valence-corrected chi connectivity index (χ3v) is 5.35.